The topological polar surface area (TPSA) is 61.4 Å². The summed E-state index contributed by atoms with van der Waals surface area (Å²) < 4.78 is 13.4. The molecule has 4 nitrogen and oxygen atoms in total. The highest BCUT2D eigenvalue weighted by Crippen LogP contribution is 2.28. The van der Waals surface area contributed by atoms with Crippen LogP contribution in [0.2, 0.25) is 0 Å². The van der Waals surface area contributed by atoms with Crippen molar-refractivity contribution >= 4 is 11.6 Å². The van der Waals surface area contributed by atoms with Gasteiger partial charge in [-0.2, -0.15) is 0 Å². The molecule has 3 N–H and O–H groups in total. The molecule has 1 aromatic carbocycles. The Labute approximate surface area is 118 Å². The molecular weight excluding hydrogens is 259 g/mol. The highest BCUT2D eigenvalue weighted by molar-refractivity contribution is 5.92. The molecule has 1 amide bonds. The first-order valence-corrected chi connectivity index (χ1v) is 6.97. The summed E-state index contributed by atoms with van der Waals surface area (Å²) in [5.74, 6) is -0.564. The van der Waals surface area contributed by atoms with E-state index in [9.17, 15) is 14.3 Å². The fourth-order valence-electron chi connectivity index (χ4n) is 2.59. The van der Waals surface area contributed by atoms with Gasteiger partial charge in [0.25, 0.3) is 0 Å². The second-order valence-electron chi connectivity index (χ2n) is 5.51. The number of carbonyl (C=O) groups is 1. The van der Waals surface area contributed by atoms with Gasteiger partial charge in [0, 0.05) is 11.2 Å². The van der Waals surface area contributed by atoms with Gasteiger partial charge < -0.3 is 15.7 Å². The molecule has 0 aliphatic heterocycles. The second kappa shape index (κ2) is 6.33. The summed E-state index contributed by atoms with van der Waals surface area (Å²) in [7, 11) is 0. The quantitative estimate of drug-likeness (QED) is 0.773. The van der Waals surface area contributed by atoms with Crippen molar-refractivity contribution in [2.45, 2.75) is 38.1 Å². The molecule has 0 radical (unpaired) electrons. The number of hydrogen-bond acceptors (Lipinski definition) is 3. The number of nitrogens with one attached hydrogen (secondary N) is 2. The number of rotatable bonds is 5. The Morgan fingerprint density at radius 3 is 2.70 bits per heavy atom. The van der Waals surface area contributed by atoms with Crippen molar-refractivity contribution in [3.8, 4) is 0 Å². The Morgan fingerprint density at radius 2 is 2.10 bits per heavy atom. The number of hydrogen-bond donors (Lipinski definition) is 3. The Balaban J connectivity index is 1.87. The third-order valence-electron chi connectivity index (χ3n) is 3.94. The van der Waals surface area contributed by atoms with Gasteiger partial charge in [-0.3, -0.25) is 4.79 Å². The fourth-order valence-corrected chi connectivity index (χ4v) is 2.59. The van der Waals surface area contributed by atoms with Gasteiger partial charge in [0.1, 0.15) is 5.82 Å². The third-order valence-corrected chi connectivity index (χ3v) is 3.94. The molecule has 0 bridgehead atoms. The van der Waals surface area contributed by atoms with E-state index >= 15 is 0 Å². The summed E-state index contributed by atoms with van der Waals surface area (Å²) in [5.41, 5.74) is 0.672. The van der Waals surface area contributed by atoms with E-state index in [0.29, 0.717) is 11.3 Å². The average molecular weight is 280 g/mol. The summed E-state index contributed by atoms with van der Waals surface area (Å²) >= 11 is 0. The van der Waals surface area contributed by atoms with Crippen LogP contribution in [0.3, 0.4) is 0 Å². The molecule has 0 unspecified atom stereocenters. The highest BCUT2D eigenvalue weighted by atomic mass is 19.1. The molecule has 0 atom stereocenters. The first kappa shape index (κ1) is 14.9. The van der Waals surface area contributed by atoms with E-state index in [1.165, 1.54) is 6.07 Å². The molecular formula is C15H21FN2O2. The highest BCUT2D eigenvalue weighted by Gasteiger charge is 2.32. The van der Waals surface area contributed by atoms with Crippen molar-refractivity contribution in [2.75, 3.05) is 18.5 Å². The van der Waals surface area contributed by atoms with Gasteiger partial charge in [-0.1, -0.05) is 18.9 Å². The van der Waals surface area contributed by atoms with Crippen LogP contribution in [0.25, 0.3) is 0 Å². The van der Waals surface area contributed by atoms with E-state index < -0.39 is 0 Å². The molecule has 0 spiro atoms. The van der Waals surface area contributed by atoms with Crippen LogP contribution < -0.4 is 10.6 Å². The normalized spacial score (nSPS) is 17.1. The zero-order valence-corrected chi connectivity index (χ0v) is 11.7. The largest absolute Gasteiger partial charge is 0.394 e. The smallest absolute Gasteiger partial charge is 0.238 e. The summed E-state index contributed by atoms with van der Waals surface area (Å²) in [4.78, 5) is 11.8. The van der Waals surface area contributed by atoms with E-state index in [0.717, 1.165) is 25.7 Å². The van der Waals surface area contributed by atoms with Crippen LogP contribution in [-0.4, -0.2) is 29.7 Å². The van der Waals surface area contributed by atoms with Gasteiger partial charge >= 0.3 is 0 Å². The minimum atomic E-state index is -0.335. The Kier molecular flexibility index (Phi) is 4.73. The van der Waals surface area contributed by atoms with Crippen molar-refractivity contribution in [2.24, 2.45) is 0 Å². The van der Waals surface area contributed by atoms with Gasteiger partial charge in [-0.25, -0.2) is 4.39 Å². The zero-order valence-electron chi connectivity index (χ0n) is 11.7. The number of anilines is 1. The summed E-state index contributed by atoms with van der Waals surface area (Å²) in [6, 6.07) is 4.61. The number of benzene rings is 1. The SMILES string of the molecule is Cc1ccc(NC(=O)CNC2(CO)CCCC2)cc1F. The Morgan fingerprint density at radius 1 is 1.40 bits per heavy atom. The van der Waals surface area contributed by atoms with E-state index in [1.807, 2.05) is 0 Å². The number of aliphatic hydroxyl groups excluding tert-OH is 1. The standard InChI is InChI=1S/C15H21FN2O2/c1-11-4-5-12(8-13(11)16)18-14(20)9-17-15(10-19)6-2-3-7-15/h4-5,8,17,19H,2-3,6-7,9-10H2,1H3,(H,18,20). The summed E-state index contributed by atoms with van der Waals surface area (Å²) in [5, 5.41) is 15.2. The number of aliphatic hydroxyl groups is 1. The fraction of sp³-hybridized carbons (Fsp3) is 0.533. The van der Waals surface area contributed by atoms with Gasteiger partial charge in [0.05, 0.1) is 13.2 Å². The monoisotopic (exact) mass is 280 g/mol. The van der Waals surface area contributed by atoms with Crippen LogP contribution in [0.4, 0.5) is 10.1 Å². The molecule has 1 aliphatic rings. The molecule has 2 rings (SSSR count). The number of aryl methyl sites for hydroxylation is 1. The Bertz CT molecular complexity index is 485. The van der Waals surface area contributed by atoms with E-state index in [2.05, 4.69) is 10.6 Å². The second-order valence-corrected chi connectivity index (χ2v) is 5.51. The third kappa shape index (κ3) is 3.55. The molecule has 1 aliphatic carbocycles. The van der Waals surface area contributed by atoms with Crippen molar-refractivity contribution in [1.29, 1.82) is 0 Å². The maximum Gasteiger partial charge on any atom is 0.238 e. The number of amides is 1. The molecule has 0 saturated heterocycles. The maximum atomic E-state index is 13.4. The molecule has 5 heteroatoms. The Hall–Kier alpha value is -1.46. The molecule has 1 saturated carbocycles. The molecule has 110 valence electrons. The molecule has 20 heavy (non-hydrogen) atoms. The van der Waals surface area contributed by atoms with Crippen molar-refractivity contribution < 1.29 is 14.3 Å². The van der Waals surface area contributed by atoms with Gasteiger partial charge in [-0.15, -0.1) is 0 Å². The minimum Gasteiger partial charge on any atom is -0.394 e. The molecule has 0 heterocycles. The van der Waals surface area contributed by atoms with Gasteiger partial charge in [0.2, 0.25) is 5.91 Å². The van der Waals surface area contributed by atoms with Crippen LogP contribution in [0, 0.1) is 12.7 Å². The summed E-state index contributed by atoms with van der Waals surface area (Å²) in [6.45, 7) is 1.84. The predicted molar refractivity (Wildman–Crippen MR) is 76.1 cm³/mol. The minimum absolute atomic E-state index is 0.0411. The van der Waals surface area contributed by atoms with Crippen LogP contribution in [0.5, 0.6) is 0 Å². The maximum absolute atomic E-state index is 13.4. The van der Waals surface area contributed by atoms with Crippen LogP contribution >= 0.6 is 0 Å². The van der Waals surface area contributed by atoms with Crippen molar-refractivity contribution in [3.63, 3.8) is 0 Å². The first-order chi connectivity index (χ1) is 9.54. The lowest BCUT2D eigenvalue weighted by molar-refractivity contribution is -0.115. The van der Waals surface area contributed by atoms with Crippen LogP contribution in [0.15, 0.2) is 18.2 Å². The lowest BCUT2D eigenvalue weighted by atomic mass is 9.99. The van der Waals surface area contributed by atoms with Gasteiger partial charge in [-0.05, 0) is 37.5 Å². The molecule has 1 aromatic rings. The summed E-state index contributed by atoms with van der Waals surface area (Å²) in [6.07, 6.45) is 3.91. The van der Waals surface area contributed by atoms with E-state index in [4.69, 9.17) is 0 Å². The average Bonchev–Trinajstić information content (AvgIpc) is 2.90. The predicted octanol–water partition coefficient (Wildman–Crippen LogP) is 1.97. The number of halogens is 1. The zero-order chi connectivity index (χ0) is 14.6. The van der Waals surface area contributed by atoms with Crippen LogP contribution in [-0.2, 0) is 4.79 Å². The van der Waals surface area contributed by atoms with Gasteiger partial charge in [0.15, 0.2) is 0 Å². The molecule has 0 aromatic heterocycles. The van der Waals surface area contributed by atoms with Crippen molar-refractivity contribution in [3.05, 3.63) is 29.6 Å². The van der Waals surface area contributed by atoms with Crippen LogP contribution in [0.1, 0.15) is 31.2 Å². The van der Waals surface area contributed by atoms with Crippen molar-refractivity contribution in [1.82, 2.24) is 5.32 Å². The molecule has 1 fully saturated rings. The van der Waals surface area contributed by atoms with E-state index in [-0.39, 0.29) is 30.4 Å². The lowest BCUT2D eigenvalue weighted by Gasteiger charge is -2.27. The lowest BCUT2D eigenvalue weighted by Crippen LogP contribution is -2.49. The van der Waals surface area contributed by atoms with E-state index in [1.54, 1.807) is 19.1 Å². The number of carbonyl (C=O) groups excluding carboxylic acids is 1. The first-order valence-electron chi connectivity index (χ1n) is 6.97.